The average Bonchev–Trinajstić information content (AvgIpc) is 3.15. The van der Waals surface area contributed by atoms with Gasteiger partial charge in [-0.25, -0.2) is 8.42 Å². The minimum absolute atomic E-state index is 0.0993. The molecular weight excluding hydrogens is 424 g/mol. The lowest BCUT2D eigenvalue weighted by molar-refractivity contribution is 0.0960. The minimum atomic E-state index is -3.98. The lowest BCUT2D eigenvalue weighted by Gasteiger charge is -2.10. The van der Waals surface area contributed by atoms with E-state index in [1.807, 2.05) is 0 Å². The topological polar surface area (TPSA) is 110 Å². The maximum atomic E-state index is 12.7. The summed E-state index contributed by atoms with van der Waals surface area (Å²) in [5.41, 5.74) is 0.866. The molecule has 0 aliphatic carbocycles. The Kier molecular flexibility index (Phi) is 5.82. The monoisotopic (exact) mass is 438 g/mol. The van der Waals surface area contributed by atoms with E-state index in [-0.39, 0.29) is 21.3 Å². The molecule has 0 aliphatic rings. The van der Waals surface area contributed by atoms with Crippen molar-refractivity contribution in [1.82, 2.24) is 15.5 Å². The summed E-state index contributed by atoms with van der Waals surface area (Å²) in [7, 11) is -1.14. The van der Waals surface area contributed by atoms with Crippen LogP contribution in [0.4, 0.5) is 5.13 Å². The molecule has 0 radical (unpaired) electrons. The van der Waals surface area contributed by atoms with Gasteiger partial charge in [0, 0.05) is 17.6 Å². The van der Waals surface area contributed by atoms with Gasteiger partial charge >= 0.3 is 0 Å². The average molecular weight is 439 g/mol. The fourth-order valence-corrected chi connectivity index (χ4v) is 4.44. The van der Waals surface area contributed by atoms with E-state index in [4.69, 9.17) is 16.3 Å². The smallest absolute Gasteiger partial charge is 0.263 e. The van der Waals surface area contributed by atoms with Crippen molar-refractivity contribution in [2.45, 2.75) is 4.90 Å². The number of amides is 1. The van der Waals surface area contributed by atoms with Crippen LogP contribution in [0.1, 0.15) is 10.4 Å². The first-order chi connectivity index (χ1) is 13.3. The van der Waals surface area contributed by atoms with Crippen LogP contribution in [0.25, 0.3) is 10.6 Å². The molecule has 11 heteroatoms. The Bertz CT molecular complexity index is 1110. The maximum absolute atomic E-state index is 12.7. The van der Waals surface area contributed by atoms with Crippen LogP contribution in [0.2, 0.25) is 5.02 Å². The molecule has 0 bridgehead atoms. The van der Waals surface area contributed by atoms with Crippen LogP contribution in [-0.2, 0) is 10.0 Å². The van der Waals surface area contributed by atoms with Gasteiger partial charge in [-0.15, -0.1) is 10.2 Å². The number of aromatic nitrogens is 2. The molecule has 3 rings (SSSR count). The van der Waals surface area contributed by atoms with Gasteiger partial charge in [-0.05, 0) is 30.3 Å². The number of anilines is 1. The second-order valence-electron chi connectivity index (χ2n) is 5.47. The Hall–Kier alpha value is -2.69. The molecule has 0 fully saturated rings. The highest BCUT2D eigenvalue weighted by molar-refractivity contribution is 7.93. The fraction of sp³-hybridized carbons (Fsp3) is 0.118. The molecule has 146 valence electrons. The summed E-state index contributed by atoms with van der Waals surface area (Å²) in [6, 6.07) is 10.9. The molecule has 2 N–H and O–H groups in total. The van der Waals surface area contributed by atoms with Gasteiger partial charge in [0.15, 0.2) is 0 Å². The lowest BCUT2D eigenvalue weighted by Crippen LogP contribution is -2.20. The molecule has 2 aromatic carbocycles. The summed E-state index contributed by atoms with van der Waals surface area (Å²) in [5.74, 6) is -0.200. The van der Waals surface area contributed by atoms with E-state index in [1.54, 1.807) is 24.3 Å². The molecule has 0 saturated carbocycles. The van der Waals surface area contributed by atoms with Crippen LogP contribution in [0.5, 0.6) is 5.75 Å². The van der Waals surface area contributed by atoms with Crippen molar-refractivity contribution in [3.05, 3.63) is 53.1 Å². The zero-order chi connectivity index (χ0) is 20.3. The van der Waals surface area contributed by atoms with E-state index in [0.29, 0.717) is 10.0 Å². The van der Waals surface area contributed by atoms with Gasteiger partial charge in [-0.3, -0.25) is 9.52 Å². The van der Waals surface area contributed by atoms with Gasteiger partial charge in [0.1, 0.15) is 10.8 Å². The molecule has 0 aliphatic heterocycles. The van der Waals surface area contributed by atoms with Crippen LogP contribution >= 0.6 is 22.9 Å². The molecule has 0 atom stereocenters. The SMILES string of the molecule is CNC(=O)c1cc(S(=O)(=O)Nc2nnc(-c3ccc(Cl)cc3)s2)ccc1OC. The molecule has 1 heterocycles. The molecule has 28 heavy (non-hydrogen) atoms. The van der Waals surface area contributed by atoms with Gasteiger partial charge in [-0.1, -0.05) is 35.1 Å². The number of carbonyl (C=O) groups is 1. The van der Waals surface area contributed by atoms with Crippen LogP contribution in [0.3, 0.4) is 0 Å². The van der Waals surface area contributed by atoms with Crippen molar-refractivity contribution >= 4 is 44.0 Å². The van der Waals surface area contributed by atoms with E-state index in [0.717, 1.165) is 16.9 Å². The van der Waals surface area contributed by atoms with E-state index in [2.05, 4.69) is 20.2 Å². The van der Waals surface area contributed by atoms with E-state index in [9.17, 15) is 13.2 Å². The van der Waals surface area contributed by atoms with Crippen molar-refractivity contribution < 1.29 is 17.9 Å². The number of rotatable bonds is 6. The summed E-state index contributed by atoms with van der Waals surface area (Å²) in [4.78, 5) is 11.9. The third-order valence-electron chi connectivity index (χ3n) is 3.69. The number of ether oxygens (including phenoxy) is 1. The predicted molar refractivity (Wildman–Crippen MR) is 108 cm³/mol. The summed E-state index contributed by atoms with van der Waals surface area (Å²) in [6.45, 7) is 0. The Morgan fingerprint density at radius 1 is 1.14 bits per heavy atom. The molecule has 0 spiro atoms. The van der Waals surface area contributed by atoms with E-state index >= 15 is 0 Å². The largest absolute Gasteiger partial charge is 0.496 e. The van der Waals surface area contributed by atoms with E-state index in [1.165, 1.54) is 32.4 Å². The molecule has 0 saturated heterocycles. The number of sulfonamides is 1. The number of benzene rings is 2. The molecular formula is C17H15ClN4O4S2. The fourth-order valence-electron chi connectivity index (χ4n) is 2.31. The zero-order valence-corrected chi connectivity index (χ0v) is 17.2. The van der Waals surface area contributed by atoms with E-state index < -0.39 is 15.9 Å². The standard InChI is InChI=1S/C17H15ClN4O4S2/c1-19-15(23)13-9-12(7-8-14(13)26-2)28(24,25)22-17-21-20-16(27-17)10-3-5-11(18)6-4-10/h3-9H,1-2H3,(H,19,23)(H,21,22). The van der Waals surface area contributed by atoms with Crippen molar-refractivity contribution in [3.63, 3.8) is 0 Å². The highest BCUT2D eigenvalue weighted by atomic mass is 35.5. The zero-order valence-electron chi connectivity index (χ0n) is 14.8. The van der Waals surface area contributed by atoms with Crippen molar-refractivity contribution in [2.75, 3.05) is 18.9 Å². The van der Waals surface area contributed by atoms with Gasteiger partial charge in [0.25, 0.3) is 15.9 Å². The second kappa shape index (κ2) is 8.13. The molecule has 1 amide bonds. The number of halogens is 1. The molecule has 0 unspecified atom stereocenters. The maximum Gasteiger partial charge on any atom is 0.263 e. The number of nitrogens with zero attached hydrogens (tertiary/aromatic N) is 2. The van der Waals surface area contributed by atoms with Gasteiger partial charge in [0.2, 0.25) is 5.13 Å². The summed E-state index contributed by atoms with van der Waals surface area (Å²) >= 11 is 6.94. The van der Waals surface area contributed by atoms with Gasteiger partial charge in [-0.2, -0.15) is 0 Å². The lowest BCUT2D eigenvalue weighted by atomic mass is 10.2. The first kappa shape index (κ1) is 20.1. The second-order valence-corrected chi connectivity index (χ2v) is 8.56. The molecule has 8 nitrogen and oxygen atoms in total. The highest BCUT2D eigenvalue weighted by Gasteiger charge is 2.21. The number of nitrogens with one attached hydrogen (secondary N) is 2. The summed E-state index contributed by atoms with van der Waals surface area (Å²) < 4.78 is 32.9. The Balaban J connectivity index is 1.88. The molecule has 1 aromatic heterocycles. The Morgan fingerprint density at radius 2 is 1.86 bits per heavy atom. The molecule has 3 aromatic rings. The third kappa shape index (κ3) is 4.24. The Labute approximate surface area is 170 Å². The first-order valence-corrected chi connectivity index (χ1v) is 10.5. The predicted octanol–water partition coefficient (Wildman–Crippen LogP) is 3.03. The number of hydrogen-bond donors (Lipinski definition) is 2. The van der Waals surface area contributed by atoms with Gasteiger partial charge in [0.05, 0.1) is 17.6 Å². The third-order valence-corrected chi connectivity index (χ3v) is 6.30. The van der Waals surface area contributed by atoms with Crippen molar-refractivity contribution in [3.8, 4) is 16.3 Å². The van der Waals surface area contributed by atoms with Crippen molar-refractivity contribution in [2.24, 2.45) is 0 Å². The Morgan fingerprint density at radius 3 is 2.50 bits per heavy atom. The van der Waals surface area contributed by atoms with Gasteiger partial charge < -0.3 is 10.1 Å². The van der Waals surface area contributed by atoms with Crippen LogP contribution in [0, 0.1) is 0 Å². The number of methoxy groups -OCH3 is 1. The van der Waals surface area contributed by atoms with Crippen LogP contribution in [-0.4, -0.2) is 38.7 Å². The minimum Gasteiger partial charge on any atom is -0.496 e. The van der Waals surface area contributed by atoms with Crippen LogP contribution in [0.15, 0.2) is 47.4 Å². The quantitative estimate of drug-likeness (QED) is 0.612. The number of hydrogen-bond acceptors (Lipinski definition) is 7. The van der Waals surface area contributed by atoms with Crippen LogP contribution < -0.4 is 14.8 Å². The first-order valence-electron chi connectivity index (χ1n) is 7.86. The number of carbonyl (C=O) groups excluding carboxylic acids is 1. The summed E-state index contributed by atoms with van der Waals surface area (Å²) in [6.07, 6.45) is 0. The normalized spacial score (nSPS) is 11.1. The summed E-state index contributed by atoms with van der Waals surface area (Å²) in [5, 5.41) is 11.5. The van der Waals surface area contributed by atoms with Crippen molar-refractivity contribution in [1.29, 1.82) is 0 Å². The highest BCUT2D eigenvalue weighted by Crippen LogP contribution is 2.29.